The number of unbranched alkanes of at least 4 members (excludes halogenated alkanes) is 1. The van der Waals surface area contributed by atoms with Crippen LogP contribution in [0.5, 0.6) is 0 Å². The Hall–Kier alpha value is -2.42. The van der Waals surface area contributed by atoms with Crippen molar-refractivity contribution >= 4 is 21.5 Å². The van der Waals surface area contributed by atoms with Crippen LogP contribution in [-0.4, -0.2) is 49.4 Å². The van der Waals surface area contributed by atoms with Gasteiger partial charge in [0.25, 0.3) is 0 Å². The van der Waals surface area contributed by atoms with Gasteiger partial charge in [0.2, 0.25) is 0 Å². The van der Waals surface area contributed by atoms with Crippen molar-refractivity contribution in [2.24, 2.45) is 0 Å². The molecule has 2 aliphatic rings. The van der Waals surface area contributed by atoms with Crippen LogP contribution in [0.4, 0.5) is 5.69 Å². The number of nitrogens with one attached hydrogen (secondary N) is 1. The van der Waals surface area contributed by atoms with Gasteiger partial charge in [-0.3, -0.25) is 10.1 Å². The molecule has 2 heterocycles. The SMILES string of the molecule is CCCC[C@]1(CC)CS(=O)(=O)c2cc3c(cc2[C@@H](c2ccccc2)N1)N(C)N(CC(=O)O)C3. The van der Waals surface area contributed by atoms with Gasteiger partial charge in [0.15, 0.2) is 9.84 Å². The molecule has 0 unspecified atom stereocenters. The highest BCUT2D eigenvalue weighted by Crippen LogP contribution is 2.42. The van der Waals surface area contributed by atoms with E-state index < -0.39 is 21.3 Å². The minimum absolute atomic E-state index is 0.0559. The number of hydrogen-bond acceptors (Lipinski definition) is 6. The largest absolute Gasteiger partial charge is 0.480 e. The number of benzene rings is 2. The van der Waals surface area contributed by atoms with E-state index in [2.05, 4.69) is 19.2 Å². The zero-order chi connectivity index (χ0) is 23.8. The fourth-order valence-electron chi connectivity index (χ4n) is 5.14. The average Bonchev–Trinajstić information content (AvgIpc) is 3.04. The van der Waals surface area contributed by atoms with Gasteiger partial charge < -0.3 is 10.1 Å². The van der Waals surface area contributed by atoms with E-state index in [1.807, 2.05) is 48.5 Å². The van der Waals surface area contributed by atoms with Crippen LogP contribution in [-0.2, 0) is 21.2 Å². The van der Waals surface area contributed by atoms with Crippen molar-refractivity contribution < 1.29 is 18.3 Å². The number of fused-ring (bicyclic) bond motifs is 2. The predicted octanol–water partition coefficient (Wildman–Crippen LogP) is 3.74. The highest BCUT2D eigenvalue weighted by atomic mass is 32.2. The fraction of sp³-hybridized carbons (Fsp3) is 0.480. The van der Waals surface area contributed by atoms with E-state index in [9.17, 15) is 18.3 Å². The molecule has 2 aromatic rings. The zero-order valence-electron chi connectivity index (χ0n) is 19.5. The Bertz CT molecular complexity index is 1140. The number of carbonyl (C=O) groups is 1. The maximum absolute atomic E-state index is 13.8. The molecular formula is C25H33N3O4S. The molecule has 33 heavy (non-hydrogen) atoms. The minimum Gasteiger partial charge on any atom is -0.480 e. The van der Waals surface area contributed by atoms with Gasteiger partial charge >= 0.3 is 5.97 Å². The Labute approximate surface area is 196 Å². The van der Waals surface area contributed by atoms with Gasteiger partial charge in [0.05, 0.1) is 22.4 Å². The number of hydrogen-bond donors (Lipinski definition) is 2. The maximum atomic E-state index is 13.8. The summed E-state index contributed by atoms with van der Waals surface area (Å²) >= 11 is 0. The lowest BCUT2D eigenvalue weighted by molar-refractivity contribution is -0.138. The molecule has 2 aliphatic heterocycles. The van der Waals surface area contributed by atoms with E-state index in [0.29, 0.717) is 11.4 Å². The monoisotopic (exact) mass is 471 g/mol. The molecular weight excluding hydrogens is 438 g/mol. The van der Waals surface area contributed by atoms with Crippen molar-refractivity contribution in [1.29, 1.82) is 0 Å². The lowest BCUT2D eigenvalue weighted by Gasteiger charge is -2.36. The number of aliphatic carboxylic acids is 1. The summed E-state index contributed by atoms with van der Waals surface area (Å²) in [5, 5.41) is 16.6. The number of nitrogens with zero attached hydrogens (tertiary/aromatic N) is 2. The van der Waals surface area contributed by atoms with Crippen LogP contribution in [0.2, 0.25) is 0 Å². The third kappa shape index (κ3) is 4.52. The Morgan fingerprint density at radius 3 is 2.58 bits per heavy atom. The first-order valence-electron chi connectivity index (χ1n) is 11.6. The fourth-order valence-corrected chi connectivity index (χ4v) is 7.31. The molecule has 0 saturated carbocycles. The van der Waals surface area contributed by atoms with Gasteiger partial charge in [0.1, 0.15) is 6.54 Å². The van der Waals surface area contributed by atoms with Crippen molar-refractivity contribution in [1.82, 2.24) is 10.3 Å². The highest BCUT2D eigenvalue weighted by Gasteiger charge is 2.43. The first kappa shape index (κ1) is 23.7. The molecule has 8 heteroatoms. The smallest absolute Gasteiger partial charge is 0.319 e. The van der Waals surface area contributed by atoms with Gasteiger partial charge in [-0.25, -0.2) is 13.4 Å². The summed E-state index contributed by atoms with van der Waals surface area (Å²) in [7, 11) is -1.74. The molecule has 2 atom stereocenters. The van der Waals surface area contributed by atoms with Gasteiger partial charge in [-0.1, -0.05) is 57.0 Å². The predicted molar refractivity (Wildman–Crippen MR) is 129 cm³/mol. The summed E-state index contributed by atoms with van der Waals surface area (Å²) in [6, 6.07) is 13.4. The van der Waals surface area contributed by atoms with Crippen LogP contribution in [0.3, 0.4) is 0 Å². The summed E-state index contributed by atoms with van der Waals surface area (Å²) in [6.45, 7) is 4.42. The molecule has 0 aromatic heterocycles. The molecule has 0 fully saturated rings. The lowest BCUT2D eigenvalue weighted by Crippen LogP contribution is -2.50. The molecule has 0 saturated heterocycles. The van der Waals surface area contributed by atoms with Crippen molar-refractivity contribution in [2.45, 2.75) is 62.6 Å². The van der Waals surface area contributed by atoms with E-state index >= 15 is 0 Å². The van der Waals surface area contributed by atoms with Gasteiger partial charge in [0, 0.05) is 19.1 Å². The van der Waals surface area contributed by atoms with Crippen molar-refractivity contribution in [3.05, 3.63) is 59.2 Å². The van der Waals surface area contributed by atoms with E-state index in [4.69, 9.17) is 0 Å². The van der Waals surface area contributed by atoms with Crippen molar-refractivity contribution in [3.8, 4) is 0 Å². The number of carboxylic acids is 1. The van der Waals surface area contributed by atoms with Crippen LogP contribution in [0, 0.1) is 0 Å². The second-order valence-electron chi connectivity index (χ2n) is 9.24. The van der Waals surface area contributed by atoms with Crippen molar-refractivity contribution in [3.63, 3.8) is 0 Å². The molecule has 178 valence electrons. The first-order chi connectivity index (χ1) is 15.7. The molecule has 0 amide bonds. The van der Waals surface area contributed by atoms with E-state index in [0.717, 1.165) is 48.1 Å². The number of anilines is 1. The minimum atomic E-state index is -3.56. The van der Waals surface area contributed by atoms with Gasteiger partial charge in [-0.2, -0.15) is 0 Å². The van der Waals surface area contributed by atoms with Crippen LogP contribution in [0.15, 0.2) is 47.4 Å². The number of carboxylic acid groups (broad SMARTS) is 1. The number of sulfone groups is 1. The third-order valence-electron chi connectivity index (χ3n) is 7.04. The van der Waals surface area contributed by atoms with Gasteiger partial charge in [-0.15, -0.1) is 0 Å². The Balaban J connectivity index is 1.88. The lowest BCUT2D eigenvalue weighted by atomic mass is 9.88. The summed E-state index contributed by atoms with van der Waals surface area (Å²) in [4.78, 5) is 11.7. The molecule has 0 radical (unpaired) electrons. The standard InChI is InChI=1S/C25H33N3O4S/c1-4-6-12-25(5-2)17-33(31,32)22-13-19-15-28(16-23(29)30)27(3)21(19)14-20(22)24(26-25)18-10-8-7-9-11-18/h7-11,13-14,24,26H,4-6,12,15-17H2,1-3H3,(H,29,30)/t24-,25-/m1/s1. The molecule has 2 aromatic carbocycles. The van der Waals surface area contributed by atoms with Gasteiger partial charge in [-0.05, 0) is 41.7 Å². The Morgan fingerprint density at radius 1 is 1.21 bits per heavy atom. The summed E-state index contributed by atoms with van der Waals surface area (Å²) < 4.78 is 27.6. The molecule has 0 spiro atoms. The quantitative estimate of drug-likeness (QED) is 0.636. The highest BCUT2D eigenvalue weighted by molar-refractivity contribution is 7.91. The Morgan fingerprint density at radius 2 is 1.94 bits per heavy atom. The normalized spacial score (nSPS) is 24.2. The molecule has 2 N–H and O–H groups in total. The van der Waals surface area contributed by atoms with Crippen LogP contribution in [0.1, 0.15) is 62.3 Å². The first-order valence-corrected chi connectivity index (χ1v) is 13.3. The maximum Gasteiger partial charge on any atom is 0.319 e. The second kappa shape index (κ2) is 9.08. The van der Waals surface area contributed by atoms with Crippen molar-refractivity contribution in [2.75, 3.05) is 24.4 Å². The summed E-state index contributed by atoms with van der Waals surface area (Å²) in [6.07, 6.45) is 3.47. The van der Waals surface area contributed by atoms with E-state index in [1.54, 1.807) is 11.1 Å². The second-order valence-corrected chi connectivity index (χ2v) is 11.2. The summed E-state index contributed by atoms with van der Waals surface area (Å²) in [5.41, 5.74) is 2.93. The van der Waals surface area contributed by atoms with Crippen LogP contribution in [0.25, 0.3) is 0 Å². The van der Waals surface area contributed by atoms with Crippen LogP contribution < -0.4 is 10.3 Å². The molecule has 4 rings (SSSR count). The van der Waals surface area contributed by atoms with E-state index in [1.165, 1.54) is 0 Å². The molecule has 0 bridgehead atoms. The topological polar surface area (TPSA) is 90.0 Å². The number of hydrazine groups is 1. The molecule has 7 nitrogen and oxygen atoms in total. The summed E-state index contributed by atoms with van der Waals surface area (Å²) in [5.74, 6) is -0.864. The number of rotatable bonds is 7. The third-order valence-corrected chi connectivity index (χ3v) is 8.99. The Kier molecular flexibility index (Phi) is 6.53. The zero-order valence-corrected chi connectivity index (χ0v) is 20.4. The average molecular weight is 472 g/mol. The van der Waals surface area contributed by atoms with E-state index in [-0.39, 0.29) is 18.3 Å². The molecule has 0 aliphatic carbocycles. The van der Waals surface area contributed by atoms with Crippen LogP contribution >= 0.6 is 0 Å².